The van der Waals surface area contributed by atoms with Gasteiger partial charge < -0.3 is 14.0 Å². The lowest BCUT2D eigenvalue weighted by Gasteiger charge is -2.32. The van der Waals surface area contributed by atoms with E-state index in [4.69, 9.17) is 14.0 Å². The number of likely N-dealkylation sites (tertiary alicyclic amines) is 1. The number of aryl methyl sites for hydroxylation is 1. The summed E-state index contributed by atoms with van der Waals surface area (Å²) in [4.78, 5) is 6.97. The Kier molecular flexibility index (Phi) is 4.84. The topological polar surface area (TPSA) is 60.6 Å². The first-order valence-electron chi connectivity index (χ1n) is 9.85. The van der Waals surface area contributed by atoms with E-state index in [0.717, 1.165) is 37.0 Å². The van der Waals surface area contributed by atoms with Gasteiger partial charge in [-0.1, -0.05) is 11.2 Å². The fraction of sp³-hybridized carbons (Fsp3) is 0.619. The fourth-order valence-electron chi connectivity index (χ4n) is 4.30. The third kappa shape index (κ3) is 3.81. The number of benzene rings is 1. The molecule has 1 saturated carbocycles. The van der Waals surface area contributed by atoms with Crippen molar-refractivity contribution in [1.82, 2.24) is 15.0 Å². The van der Waals surface area contributed by atoms with Crippen LogP contribution >= 0.6 is 0 Å². The second kappa shape index (κ2) is 7.15. The molecule has 1 spiro atoms. The molecule has 2 heterocycles. The number of nitrogens with zero attached hydrogens (tertiary/aromatic N) is 3. The SMILES string of the molecule is COc1cc(CN2CCC3(CC2)CC3c2noc(C)n2)ccc1OC(C)C. The van der Waals surface area contributed by atoms with E-state index in [1.807, 2.05) is 26.8 Å². The van der Waals surface area contributed by atoms with E-state index in [1.54, 1.807) is 7.11 Å². The molecule has 1 saturated heterocycles. The average molecular weight is 371 g/mol. The number of hydrogen-bond acceptors (Lipinski definition) is 6. The minimum Gasteiger partial charge on any atom is -0.493 e. The van der Waals surface area contributed by atoms with Gasteiger partial charge in [0.05, 0.1) is 13.2 Å². The van der Waals surface area contributed by atoms with Gasteiger partial charge >= 0.3 is 0 Å². The zero-order valence-corrected chi connectivity index (χ0v) is 16.7. The van der Waals surface area contributed by atoms with Gasteiger partial charge in [0, 0.05) is 19.4 Å². The lowest BCUT2D eigenvalue weighted by molar-refractivity contribution is 0.161. The maximum Gasteiger partial charge on any atom is 0.223 e. The molecule has 146 valence electrons. The molecule has 1 atom stereocenters. The Balaban J connectivity index is 1.34. The van der Waals surface area contributed by atoms with Crippen LogP contribution in [-0.4, -0.2) is 41.3 Å². The van der Waals surface area contributed by atoms with Crippen molar-refractivity contribution < 1.29 is 14.0 Å². The summed E-state index contributed by atoms with van der Waals surface area (Å²) in [5, 5.41) is 4.14. The Labute approximate surface area is 160 Å². The normalized spacial score (nSPS) is 21.6. The van der Waals surface area contributed by atoms with Gasteiger partial charge in [0.1, 0.15) is 0 Å². The molecule has 1 aromatic carbocycles. The van der Waals surface area contributed by atoms with Crippen molar-refractivity contribution in [3.8, 4) is 11.5 Å². The molecule has 1 aliphatic carbocycles. The van der Waals surface area contributed by atoms with Gasteiger partial charge in [-0.15, -0.1) is 0 Å². The third-order valence-electron chi connectivity index (χ3n) is 5.89. The number of aromatic nitrogens is 2. The van der Waals surface area contributed by atoms with Gasteiger partial charge in [-0.05, 0) is 69.3 Å². The molecule has 27 heavy (non-hydrogen) atoms. The molecular weight excluding hydrogens is 342 g/mol. The van der Waals surface area contributed by atoms with Crippen molar-refractivity contribution in [3.05, 3.63) is 35.5 Å². The number of rotatable bonds is 6. The van der Waals surface area contributed by atoms with Gasteiger partial charge in [0.2, 0.25) is 5.89 Å². The minimum absolute atomic E-state index is 0.137. The van der Waals surface area contributed by atoms with E-state index in [2.05, 4.69) is 27.2 Å². The van der Waals surface area contributed by atoms with Crippen molar-refractivity contribution in [2.45, 2.75) is 58.6 Å². The Morgan fingerprint density at radius 3 is 2.67 bits per heavy atom. The highest BCUT2D eigenvalue weighted by Gasteiger charge is 2.57. The lowest BCUT2D eigenvalue weighted by atomic mass is 9.90. The first-order valence-corrected chi connectivity index (χ1v) is 9.85. The number of ether oxygens (including phenoxy) is 2. The molecule has 6 nitrogen and oxygen atoms in total. The Morgan fingerprint density at radius 1 is 1.26 bits per heavy atom. The van der Waals surface area contributed by atoms with Crippen molar-refractivity contribution in [2.75, 3.05) is 20.2 Å². The summed E-state index contributed by atoms with van der Waals surface area (Å²) in [5.41, 5.74) is 1.67. The first-order chi connectivity index (χ1) is 13.0. The Bertz CT molecular complexity index is 794. The van der Waals surface area contributed by atoms with Gasteiger partial charge in [-0.2, -0.15) is 4.98 Å². The second-order valence-corrected chi connectivity index (χ2v) is 8.22. The highest BCUT2D eigenvalue weighted by molar-refractivity contribution is 5.43. The van der Waals surface area contributed by atoms with Gasteiger partial charge in [-0.25, -0.2) is 0 Å². The molecule has 6 heteroatoms. The molecule has 1 unspecified atom stereocenters. The first kappa shape index (κ1) is 18.3. The standard InChI is InChI=1S/C21H29N3O3/c1-14(2)26-18-6-5-16(11-19(18)25-4)13-24-9-7-21(8-10-24)12-17(21)20-22-15(3)27-23-20/h5-6,11,14,17H,7-10,12-13H2,1-4H3. The molecule has 2 fully saturated rings. The predicted octanol–water partition coefficient (Wildman–Crippen LogP) is 3.94. The highest BCUT2D eigenvalue weighted by atomic mass is 16.5. The smallest absolute Gasteiger partial charge is 0.223 e. The summed E-state index contributed by atoms with van der Waals surface area (Å²) in [6, 6.07) is 6.27. The molecule has 0 bridgehead atoms. The zero-order valence-electron chi connectivity index (χ0n) is 16.7. The monoisotopic (exact) mass is 371 g/mol. The van der Waals surface area contributed by atoms with Crippen LogP contribution in [-0.2, 0) is 6.54 Å². The summed E-state index contributed by atoms with van der Waals surface area (Å²) in [6.07, 6.45) is 3.75. The predicted molar refractivity (Wildman–Crippen MR) is 102 cm³/mol. The van der Waals surface area contributed by atoms with E-state index in [9.17, 15) is 0 Å². The molecule has 2 aliphatic rings. The Hall–Kier alpha value is -2.08. The maximum atomic E-state index is 5.81. The molecule has 1 aromatic heterocycles. The third-order valence-corrected chi connectivity index (χ3v) is 5.89. The van der Waals surface area contributed by atoms with Crippen LogP contribution in [0.4, 0.5) is 0 Å². The summed E-state index contributed by atoms with van der Waals surface area (Å²) >= 11 is 0. The molecule has 4 rings (SSSR count). The fourth-order valence-corrected chi connectivity index (χ4v) is 4.30. The summed E-state index contributed by atoms with van der Waals surface area (Å²) in [5.74, 6) is 3.69. The lowest BCUT2D eigenvalue weighted by Crippen LogP contribution is -2.34. The van der Waals surface area contributed by atoms with Crippen LogP contribution in [0, 0.1) is 12.3 Å². The molecular formula is C21H29N3O3. The van der Waals surface area contributed by atoms with Crippen LogP contribution in [0.2, 0.25) is 0 Å². The second-order valence-electron chi connectivity index (χ2n) is 8.22. The van der Waals surface area contributed by atoms with Crippen LogP contribution in [0.3, 0.4) is 0 Å². The molecule has 0 amide bonds. The molecule has 0 N–H and O–H groups in total. The molecule has 1 aliphatic heterocycles. The largest absolute Gasteiger partial charge is 0.493 e. The summed E-state index contributed by atoms with van der Waals surface area (Å²) in [6.45, 7) is 9.08. The van der Waals surface area contributed by atoms with Crippen LogP contribution < -0.4 is 9.47 Å². The molecule has 0 radical (unpaired) electrons. The number of piperidine rings is 1. The number of hydrogen-bond donors (Lipinski definition) is 0. The van der Waals surface area contributed by atoms with Gasteiger partial charge in [-0.3, -0.25) is 4.90 Å². The zero-order chi connectivity index (χ0) is 19.0. The Morgan fingerprint density at radius 2 is 2.04 bits per heavy atom. The summed E-state index contributed by atoms with van der Waals surface area (Å²) < 4.78 is 16.5. The van der Waals surface area contributed by atoms with Crippen molar-refractivity contribution in [1.29, 1.82) is 0 Å². The number of methoxy groups -OCH3 is 1. The van der Waals surface area contributed by atoms with Crippen molar-refractivity contribution in [3.63, 3.8) is 0 Å². The van der Waals surface area contributed by atoms with E-state index < -0.39 is 0 Å². The van der Waals surface area contributed by atoms with Gasteiger partial charge in [0.25, 0.3) is 0 Å². The van der Waals surface area contributed by atoms with Gasteiger partial charge in [0.15, 0.2) is 17.3 Å². The van der Waals surface area contributed by atoms with Crippen LogP contribution in [0.5, 0.6) is 11.5 Å². The quantitative estimate of drug-likeness (QED) is 0.766. The van der Waals surface area contributed by atoms with E-state index in [0.29, 0.717) is 17.2 Å². The highest BCUT2D eigenvalue weighted by Crippen LogP contribution is 2.64. The van der Waals surface area contributed by atoms with Crippen LogP contribution in [0.15, 0.2) is 22.7 Å². The van der Waals surface area contributed by atoms with E-state index in [1.165, 1.54) is 24.8 Å². The maximum absolute atomic E-state index is 5.81. The van der Waals surface area contributed by atoms with E-state index >= 15 is 0 Å². The average Bonchev–Trinajstić information content (AvgIpc) is 3.17. The molecule has 2 aromatic rings. The van der Waals surface area contributed by atoms with Crippen LogP contribution in [0.25, 0.3) is 0 Å². The van der Waals surface area contributed by atoms with E-state index in [-0.39, 0.29) is 6.10 Å². The van der Waals surface area contributed by atoms with Crippen molar-refractivity contribution >= 4 is 0 Å². The van der Waals surface area contributed by atoms with Crippen molar-refractivity contribution in [2.24, 2.45) is 5.41 Å². The van der Waals surface area contributed by atoms with Crippen LogP contribution in [0.1, 0.15) is 56.3 Å². The summed E-state index contributed by atoms with van der Waals surface area (Å²) in [7, 11) is 1.70. The minimum atomic E-state index is 0.137.